The summed E-state index contributed by atoms with van der Waals surface area (Å²) in [5.41, 5.74) is 1.25. The van der Waals surface area contributed by atoms with Crippen LogP contribution in [-0.4, -0.2) is 37.8 Å². The molecule has 1 aliphatic heterocycles. The van der Waals surface area contributed by atoms with E-state index in [0.29, 0.717) is 32.9 Å². The van der Waals surface area contributed by atoms with E-state index < -0.39 is 11.9 Å². The molecule has 1 aliphatic rings. The molecular formula is C23H21ClN2O6S. The second-order valence-electron chi connectivity index (χ2n) is 7.29. The number of aromatic nitrogens is 1. The van der Waals surface area contributed by atoms with Crippen molar-refractivity contribution in [2.45, 2.75) is 18.9 Å². The molecule has 8 nitrogen and oxygen atoms in total. The maximum Gasteiger partial charge on any atom is 0.325 e. The van der Waals surface area contributed by atoms with Gasteiger partial charge in [0.05, 0.1) is 31.9 Å². The van der Waals surface area contributed by atoms with Crippen molar-refractivity contribution in [3.63, 3.8) is 0 Å². The molecule has 1 amide bonds. The van der Waals surface area contributed by atoms with Crippen LogP contribution in [0.15, 0.2) is 47.3 Å². The first-order valence-electron chi connectivity index (χ1n) is 9.98. The molecule has 0 spiro atoms. The second kappa shape index (κ2) is 9.29. The quantitative estimate of drug-likeness (QED) is 0.488. The number of hydrogen-bond donors (Lipinski definition) is 0. The Morgan fingerprint density at radius 3 is 2.58 bits per heavy atom. The Hall–Kier alpha value is -3.30. The normalized spacial score (nSPS) is 15.2. The number of methoxy groups -OCH3 is 3. The molecule has 4 rings (SSSR count). The van der Waals surface area contributed by atoms with Gasteiger partial charge in [0.25, 0.3) is 0 Å². The lowest BCUT2D eigenvalue weighted by atomic mass is 9.89. The monoisotopic (exact) mass is 488 g/mol. The molecule has 10 heteroatoms. The summed E-state index contributed by atoms with van der Waals surface area (Å²) in [4.78, 5) is 40.3. The summed E-state index contributed by atoms with van der Waals surface area (Å²) in [5.74, 6) is 0.186. The molecule has 0 saturated carbocycles. The number of fused-ring (bicyclic) bond motifs is 1. The van der Waals surface area contributed by atoms with Crippen molar-refractivity contribution in [1.82, 2.24) is 4.57 Å². The van der Waals surface area contributed by atoms with Crippen LogP contribution in [0.1, 0.15) is 22.8 Å². The summed E-state index contributed by atoms with van der Waals surface area (Å²) < 4.78 is 16.9. The van der Waals surface area contributed by atoms with Gasteiger partial charge in [-0.05, 0) is 24.3 Å². The molecule has 0 radical (unpaired) electrons. The van der Waals surface area contributed by atoms with Crippen LogP contribution in [0.4, 0.5) is 11.5 Å². The zero-order valence-electron chi connectivity index (χ0n) is 18.2. The number of amides is 1. The van der Waals surface area contributed by atoms with Crippen LogP contribution in [0.2, 0.25) is 5.02 Å². The van der Waals surface area contributed by atoms with Crippen molar-refractivity contribution in [2.24, 2.45) is 0 Å². The van der Waals surface area contributed by atoms with E-state index in [1.54, 1.807) is 43.5 Å². The fraction of sp³-hybridized carbons (Fsp3) is 0.261. The van der Waals surface area contributed by atoms with Gasteiger partial charge < -0.3 is 14.2 Å². The summed E-state index contributed by atoms with van der Waals surface area (Å²) in [5, 5.41) is 0.442. The molecule has 1 unspecified atom stereocenters. The van der Waals surface area contributed by atoms with Crippen molar-refractivity contribution in [3.05, 3.63) is 67.6 Å². The van der Waals surface area contributed by atoms with E-state index in [2.05, 4.69) is 0 Å². The molecular weight excluding hydrogens is 468 g/mol. The van der Waals surface area contributed by atoms with E-state index in [-0.39, 0.29) is 23.7 Å². The maximum atomic E-state index is 13.5. The van der Waals surface area contributed by atoms with Crippen LogP contribution < -0.4 is 19.2 Å². The van der Waals surface area contributed by atoms with Crippen molar-refractivity contribution < 1.29 is 23.8 Å². The Morgan fingerprint density at radius 1 is 1.12 bits per heavy atom. The van der Waals surface area contributed by atoms with E-state index in [1.165, 1.54) is 23.7 Å². The first-order valence-corrected chi connectivity index (χ1v) is 11.2. The number of rotatable bonds is 6. The van der Waals surface area contributed by atoms with Gasteiger partial charge in [0.15, 0.2) is 0 Å². The summed E-state index contributed by atoms with van der Waals surface area (Å²) >= 11 is 7.17. The molecule has 2 aromatic carbocycles. The average Bonchev–Trinajstić information content (AvgIpc) is 3.13. The first-order chi connectivity index (χ1) is 15.9. The fourth-order valence-corrected chi connectivity index (χ4v) is 5.20. The Morgan fingerprint density at radius 2 is 1.91 bits per heavy atom. The van der Waals surface area contributed by atoms with Gasteiger partial charge in [-0.2, -0.15) is 0 Å². The van der Waals surface area contributed by atoms with Gasteiger partial charge in [0, 0.05) is 29.0 Å². The molecule has 172 valence electrons. The molecule has 0 saturated heterocycles. The highest BCUT2D eigenvalue weighted by Crippen LogP contribution is 2.47. The highest BCUT2D eigenvalue weighted by atomic mass is 35.5. The van der Waals surface area contributed by atoms with Crippen LogP contribution in [0.25, 0.3) is 0 Å². The van der Waals surface area contributed by atoms with Crippen molar-refractivity contribution >= 4 is 46.3 Å². The minimum absolute atomic E-state index is 0.0976. The third-order valence-corrected chi connectivity index (χ3v) is 6.76. The number of esters is 1. The third kappa shape index (κ3) is 4.21. The molecule has 3 aromatic rings. The predicted octanol–water partition coefficient (Wildman–Crippen LogP) is 3.95. The lowest BCUT2D eigenvalue weighted by Crippen LogP contribution is -2.36. The van der Waals surface area contributed by atoms with Gasteiger partial charge in [0.2, 0.25) is 5.91 Å². The van der Waals surface area contributed by atoms with E-state index in [9.17, 15) is 14.4 Å². The van der Waals surface area contributed by atoms with E-state index >= 15 is 0 Å². The smallest absolute Gasteiger partial charge is 0.325 e. The maximum absolute atomic E-state index is 13.5. The number of benzene rings is 2. The number of hydrogen-bond acceptors (Lipinski definition) is 7. The SMILES string of the molecule is COC(=O)Cn1c2c(sc1=O)C(c1ccc(OC)cc1OC)CC(=O)N2c1cccc(Cl)c1. The van der Waals surface area contributed by atoms with Gasteiger partial charge in [-0.3, -0.25) is 23.9 Å². The Bertz CT molecular complexity index is 1280. The number of carbonyl (C=O) groups is 2. The Balaban J connectivity index is 1.94. The zero-order chi connectivity index (χ0) is 23.7. The minimum atomic E-state index is -0.597. The van der Waals surface area contributed by atoms with Gasteiger partial charge in [-0.1, -0.05) is 35.1 Å². The topological polar surface area (TPSA) is 87.1 Å². The molecule has 1 atom stereocenters. The number of ether oxygens (including phenoxy) is 3. The molecule has 0 bridgehead atoms. The van der Waals surface area contributed by atoms with Crippen molar-refractivity contribution in [2.75, 3.05) is 26.2 Å². The number of nitrogens with zero attached hydrogens (tertiary/aromatic N) is 2. The Kier molecular flexibility index (Phi) is 6.44. The van der Waals surface area contributed by atoms with Crippen LogP contribution in [0.5, 0.6) is 11.5 Å². The Labute approximate surface area is 198 Å². The first kappa shape index (κ1) is 22.9. The summed E-state index contributed by atoms with van der Waals surface area (Å²) in [6.45, 7) is -0.321. The van der Waals surface area contributed by atoms with Crippen LogP contribution in [-0.2, 0) is 20.9 Å². The summed E-state index contributed by atoms with van der Waals surface area (Å²) in [7, 11) is 4.34. The zero-order valence-corrected chi connectivity index (χ0v) is 19.7. The molecule has 1 aromatic heterocycles. The standard InChI is InChI=1S/C23H21ClN2O6S/c1-30-15-7-8-16(18(10-15)31-2)17-11-19(27)26(14-6-4-5-13(24)9-14)22-21(17)33-23(29)25(22)12-20(28)32-3/h4-10,17H,11-12H2,1-3H3. The van der Waals surface area contributed by atoms with Gasteiger partial charge in [0.1, 0.15) is 23.9 Å². The van der Waals surface area contributed by atoms with Gasteiger partial charge >= 0.3 is 10.8 Å². The van der Waals surface area contributed by atoms with Crippen molar-refractivity contribution in [3.8, 4) is 11.5 Å². The number of carbonyl (C=O) groups excluding carboxylic acids is 2. The van der Waals surface area contributed by atoms with Crippen LogP contribution >= 0.6 is 22.9 Å². The second-order valence-corrected chi connectivity index (χ2v) is 8.72. The van der Waals surface area contributed by atoms with E-state index in [1.807, 2.05) is 6.07 Å². The molecule has 0 aliphatic carbocycles. The largest absolute Gasteiger partial charge is 0.497 e. The molecule has 2 heterocycles. The van der Waals surface area contributed by atoms with E-state index in [4.69, 9.17) is 25.8 Å². The molecule has 33 heavy (non-hydrogen) atoms. The number of halogens is 1. The minimum Gasteiger partial charge on any atom is -0.497 e. The highest BCUT2D eigenvalue weighted by Gasteiger charge is 2.39. The van der Waals surface area contributed by atoms with Crippen molar-refractivity contribution in [1.29, 1.82) is 0 Å². The van der Waals surface area contributed by atoms with Gasteiger partial charge in [-0.15, -0.1) is 0 Å². The van der Waals surface area contributed by atoms with Crippen LogP contribution in [0, 0.1) is 0 Å². The van der Waals surface area contributed by atoms with Gasteiger partial charge in [-0.25, -0.2) is 0 Å². The lowest BCUT2D eigenvalue weighted by molar-refractivity contribution is -0.141. The lowest BCUT2D eigenvalue weighted by Gasteiger charge is -2.33. The average molecular weight is 489 g/mol. The summed E-state index contributed by atoms with van der Waals surface area (Å²) in [6.07, 6.45) is 0.0976. The summed E-state index contributed by atoms with van der Waals surface area (Å²) in [6, 6.07) is 12.1. The predicted molar refractivity (Wildman–Crippen MR) is 125 cm³/mol. The fourth-order valence-electron chi connectivity index (χ4n) is 3.92. The number of anilines is 2. The van der Waals surface area contributed by atoms with E-state index in [0.717, 1.165) is 16.9 Å². The van der Waals surface area contributed by atoms with Crippen LogP contribution in [0.3, 0.4) is 0 Å². The highest BCUT2D eigenvalue weighted by molar-refractivity contribution is 7.10. The molecule has 0 fully saturated rings. The number of thiazole rings is 1. The third-order valence-electron chi connectivity index (χ3n) is 5.45. The molecule has 0 N–H and O–H groups in total.